The summed E-state index contributed by atoms with van der Waals surface area (Å²) < 4.78 is 11.0. The molecule has 0 aliphatic carbocycles. The van der Waals surface area contributed by atoms with Crippen molar-refractivity contribution >= 4 is 5.84 Å². The van der Waals surface area contributed by atoms with E-state index in [4.69, 9.17) is 14.5 Å². The van der Waals surface area contributed by atoms with E-state index in [1.807, 2.05) is 25.2 Å². The fourth-order valence-electron chi connectivity index (χ4n) is 3.38. The molecule has 2 heterocycles. The summed E-state index contributed by atoms with van der Waals surface area (Å²) >= 11 is 0. The Bertz CT molecular complexity index is 653. The third-order valence-corrected chi connectivity index (χ3v) is 4.92. The van der Waals surface area contributed by atoms with Gasteiger partial charge in [-0.2, -0.15) is 0 Å². The number of ether oxygens (including phenoxy) is 2. The van der Waals surface area contributed by atoms with E-state index in [9.17, 15) is 0 Å². The van der Waals surface area contributed by atoms with Crippen molar-refractivity contribution in [1.82, 2.24) is 10.2 Å². The van der Waals surface area contributed by atoms with Crippen molar-refractivity contribution in [2.24, 2.45) is 4.99 Å². The van der Waals surface area contributed by atoms with E-state index in [-0.39, 0.29) is 6.79 Å². The van der Waals surface area contributed by atoms with Crippen molar-refractivity contribution < 1.29 is 9.47 Å². The lowest BCUT2D eigenvalue weighted by molar-refractivity contribution is 0.0970. The van der Waals surface area contributed by atoms with Gasteiger partial charge in [-0.15, -0.1) is 0 Å². The summed E-state index contributed by atoms with van der Waals surface area (Å²) in [6.07, 6.45) is 12.6. The zero-order valence-corrected chi connectivity index (χ0v) is 17.5. The number of allylic oxidation sites excluding steroid dienone is 2. The molecule has 0 amide bonds. The number of aliphatic imine (C=N–C) groups is 1. The van der Waals surface area contributed by atoms with Crippen molar-refractivity contribution in [3.63, 3.8) is 0 Å². The van der Waals surface area contributed by atoms with Gasteiger partial charge in [0, 0.05) is 31.8 Å². The molecule has 1 N–H and O–H groups in total. The lowest BCUT2D eigenvalue weighted by Crippen LogP contribution is -2.35. The highest BCUT2D eigenvalue weighted by Gasteiger charge is 2.19. The number of amidine groups is 1. The smallest absolute Gasteiger partial charge is 0.231 e. The van der Waals surface area contributed by atoms with E-state index in [0.717, 1.165) is 55.5 Å². The van der Waals surface area contributed by atoms with Crippen LogP contribution in [0.1, 0.15) is 39.5 Å². The number of hydrogen-bond donors (Lipinski definition) is 1. The van der Waals surface area contributed by atoms with Gasteiger partial charge in [0.05, 0.1) is 0 Å². The SMILES string of the molecule is C=C/C(=C\C(=NCC)N1CCCCC1)CCNC/C(C=C)=C1\OCO\C1=C\C. The summed E-state index contributed by atoms with van der Waals surface area (Å²) in [4.78, 5) is 7.12. The number of hydrogen-bond acceptors (Lipinski definition) is 4. The minimum Gasteiger partial charge on any atom is -0.454 e. The van der Waals surface area contributed by atoms with Crippen LogP contribution in [0.25, 0.3) is 0 Å². The van der Waals surface area contributed by atoms with Crippen LogP contribution in [0, 0.1) is 0 Å². The van der Waals surface area contributed by atoms with Crippen molar-refractivity contribution in [3.05, 3.63) is 60.1 Å². The first kappa shape index (κ1) is 22.0. The third kappa shape index (κ3) is 6.41. The first-order valence-corrected chi connectivity index (χ1v) is 10.3. The predicted octanol–water partition coefficient (Wildman–Crippen LogP) is 4.33. The average molecular weight is 386 g/mol. The Morgan fingerprint density at radius 1 is 1.18 bits per heavy atom. The van der Waals surface area contributed by atoms with Crippen LogP contribution < -0.4 is 5.32 Å². The molecule has 5 nitrogen and oxygen atoms in total. The molecule has 0 atom stereocenters. The van der Waals surface area contributed by atoms with Crippen LogP contribution in [0.2, 0.25) is 0 Å². The van der Waals surface area contributed by atoms with Gasteiger partial charge in [0.2, 0.25) is 6.79 Å². The molecule has 2 fully saturated rings. The van der Waals surface area contributed by atoms with E-state index in [2.05, 4.69) is 36.4 Å². The number of piperidine rings is 1. The number of likely N-dealkylation sites (tertiary alicyclic amines) is 1. The second kappa shape index (κ2) is 12.2. The molecule has 0 aromatic carbocycles. The Hall–Kier alpha value is -2.27. The van der Waals surface area contributed by atoms with Crippen LogP contribution in [0.4, 0.5) is 0 Å². The highest BCUT2D eigenvalue weighted by Crippen LogP contribution is 2.24. The van der Waals surface area contributed by atoms with Crippen molar-refractivity contribution in [3.8, 4) is 0 Å². The van der Waals surface area contributed by atoms with Crippen molar-refractivity contribution in [1.29, 1.82) is 0 Å². The average Bonchev–Trinajstić information content (AvgIpc) is 3.21. The number of nitrogens with one attached hydrogen (secondary N) is 1. The van der Waals surface area contributed by atoms with E-state index < -0.39 is 0 Å². The summed E-state index contributed by atoms with van der Waals surface area (Å²) in [6.45, 7) is 16.7. The Labute approximate surface area is 170 Å². The van der Waals surface area contributed by atoms with Gasteiger partial charge in [-0.3, -0.25) is 4.99 Å². The largest absolute Gasteiger partial charge is 0.454 e. The van der Waals surface area contributed by atoms with Gasteiger partial charge >= 0.3 is 0 Å². The maximum atomic E-state index is 5.58. The number of nitrogens with zero attached hydrogens (tertiary/aromatic N) is 2. The molecule has 2 saturated heterocycles. The van der Waals surface area contributed by atoms with Gasteiger partial charge in [0.1, 0.15) is 5.84 Å². The molecular formula is C23H35N3O2. The normalized spacial score (nSPS) is 21.4. The molecule has 2 aliphatic rings. The van der Waals surface area contributed by atoms with E-state index in [1.54, 1.807) is 0 Å². The summed E-state index contributed by atoms with van der Waals surface area (Å²) in [5, 5.41) is 3.47. The van der Waals surface area contributed by atoms with Crippen LogP contribution >= 0.6 is 0 Å². The Morgan fingerprint density at radius 3 is 2.61 bits per heavy atom. The van der Waals surface area contributed by atoms with E-state index in [0.29, 0.717) is 6.54 Å². The zero-order valence-electron chi connectivity index (χ0n) is 17.5. The Balaban J connectivity index is 1.92. The van der Waals surface area contributed by atoms with Crippen LogP contribution in [-0.4, -0.2) is 50.3 Å². The molecule has 2 rings (SSSR count). The highest BCUT2D eigenvalue weighted by molar-refractivity contribution is 5.94. The molecule has 0 unspecified atom stereocenters. The summed E-state index contributed by atoms with van der Waals surface area (Å²) in [7, 11) is 0. The Kier molecular flexibility index (Phi) is 9.63. The third-order valence-electron chi connectivity index (χ3n) is 4.92. The monoisotopic (exact) mass is 385 g/mol. The standard InChI is InChI=1S/C23H35N3O2/c1-5-19(16-22(25-8-4)26-14-10-9-11-15-26)12-13-24-17-20(6-2)23-21(7-3)27-18-28-23/h5-7,16,24H,1-2,8-15,17-18H2,3-4H3/b19-16+,21-7+,23-20-,25-22?. The number of rotatable bonds is 9. The molecular weight excluding hydrogens is 350 g/mol. The maximum absolute atomic E-state index is 5.58. The molecule has 2 aliphatic heterocycles. The highest BCUT2D eigenvalue weighted by atomic mass is 16.7. The lowest BCUT2D eigenvalue weighted by Gasteiger charge is -2.29. The summed E-state index contributed by atoms with van der Waals surface area (Å²) in [5.41, 5.74) is 2.21. The molecule has 28 heavy (non-hydrogen) atoms. The zero-order chi connectivity index (χ0) is 20.2. The quantitative estimate of drug-likeness (QED) is 0.278. The molecule has 5 heteroatoms. The van der Waals surface area contributed by atoms with E-state index in [1.165, 1.54) is 24.8 Å². The fourth-order valence-corrected chi connectivity index (χ4v) is 3.38. The van der Waals surface area contributed by atoms with Gasteiger partial charge in [0.15, 0.2) is 11.5 Å². The molecule has 0 bridgehead atoms. The maximum Gasteiger partial charge on any atom is 0.231 e. The minimum absolute atomic E-state index is 0.270. The van der Waals surface area contributed by atoms with Crippen molar-refractivity contribution in [2.45, 2.75) is 39.5 Å². The first-order chi connectivity index (χ1) is 13.7. The molecule has 0 saturated carbocycles. The first-order valence-electron chi connectivity index (χ1n) is 10.3. The predicted molar refractivity (Wildman–Crippen MR) is 117 cm³/mol. The second-order valence-corrected chi connectivity index (χ2v) is 6.85. The van der Waals surface area contributed by atoms with Crippen molar-refractivity contribution in [2.75, 3.05) is 39.5 Å². The molecule has 0 spiro atoms. The molecule has 0 aromatic heterocycles. The fraction of sp³-hybridized carbons (Fsp3) is 0.522. The van der Waals surface area contributed by atoms with Gasteiger partial charge < -0.3 is 19.7 Å². The Morgan fingerprint density at radius 2 is 1.96 bits per heavy atom. The van der Waals surface area contributed by atoms with Gasteiger partial charge in [-0.05, 0) is 63.8 Å². The summed E-state index contributed by atoms with van der Waals surface area (Å²) in [5.74, 6) is 2.66. The van der Waals surface area contributed by atoms with Gasteiger partial charge in [-0.25, -0.2) is 0 Å². The topological polar surface area (TPSA) is 46.1 Å². The van der Waals surface area contributed by atoms with E-state index >= 15 is 0 Å². The van der Waals surface area contributed by atoms with Crippen LogP contribution in [0.3, 0.4) is 0 Å². The minimum atomic E-state index is 0.270. The van der Waals surface area contributed by atoms with Crippen LogP contribution in [0.5, 0.6) is 0 Å². The lowest BCUT2D eigenvalue weighted by atomic mass is 10.1. The van der Waals surface area contributed by atoms with Gasteiger partial charge in [0.25, 0.3) is 0 Å². The molecule has 154 valence electrons. The van der Waals surface area contributed by atoms with Crippen LogP contribution in [0.15, 0.2) is 65.1 Å². The second-order valence-electron chi connectivity index (χ2n) is 6.85. The van der Waals surface area contributed by atoms with Gasteiger partial charge in [-0.1, -0.05) is 25.3 Å². The molecule has 0 aromatic rings. The van der Waals surface area contributed by atoms with Crippen LogP contribution in [-0.2, 0) is 9.47 Å². The summed E-state index contributed by atoms with van der Waals surface area (Å²) in [6, 6.07) is 0. The molecule has 0 radical (unpaired) electrons.